The minimum Gasteiger partial charge on any atom is -0.366 e. The minimum absolute atomic E-state index is 0.0445. The molecule has 3 rings (SSSR count). The van der Waals surface area contributed by atoms with Crippen molar-refractivity contribution in [3.8, 4) is 0 Å². The molecule has 1 aliphatic heterocycles. The van der Waals surface area contributed by atoms with Crippen LogP contribution in [0.4, 0.5) is 4.39 Å². The topological polar surface area (TPSA) is 118 Å². The second kappa shape index (κ2) is 4.81. The van der Waals surface area contributed by atoms with Gasteiger partial charge < -0.3 is 21.4 Å². The average Bonchev–Trinajstić information content (AvgIpc) is 3.02. The molecule has 8 heteroatoms. The Bertz CT molecular complexity index is 741. The van der Waals surface area contributed by atoms with E-state index in [4.69, 9.17) is 11.5 Å². The van der Waals surface area contributed by atoms with E-state index in [1.807, 2.05) is 0 Å². The Hall–Kier alpha value is -2.48. The van der Waals surface area contributed by atoms with Crippen LogP contribution in [0.1, 0.15) is 27.4 Å². The van der Waals surface area contributed by atoms with E-state index in [0.717, 1.165) is 12.5 Å². The maximum absolute atomic E-state index is 13.5. The first-order valence-corrected chi connectivity index (χ1v) is 6.49. The zero-order chi connectivity index (χ0) is 15.1. The van der Waals surface area contributed by atoms with E-state index >= 15 is 0 Å². The van der Waals surface area contributed by atoms with Crippen LogP contribution in [0.15, 0.2) is 12.1 Å². The molecule has 0 radical (unpaired) electrons. The standard InChI is InChI=1S/C13H14FN5O2/c14-6-3-8(11(16)20)10-9(4-6)17-12(18-10)13(21)19-2-1-7(15)5-19/h3-4,7H,1-2,5,15H2,(H2,16,20)(H,17,18). The van der Waals surface area contributed by atoms with Crippen LogP contribution in [-0.2, 0) is 0 Å². The summed E-state index contributed by atoms with van der Waals surface area (Å²) in [6.45, 7) is 1.00. The lowest BCUT2D eigenvalue weighted by atomic mass is 10.1. The molecule has 2 aromatic rings. The zero-order valence-corrected chi connectivity index (χ0v) is 11.1. The van der Waals surface area contributed by atoms with Crippen LogP contribution in [0, 0.1) is 5.82 Å². The number of aromatic nitrogens is 2. The van der Waals surface area contributed by atoms with Crippen molar-refractivity contribution < 1.29 is 14.0 Å². The number of nitrogens with two attached hydrogens (primary N) is 2. The van der Waals surface area contributed by atoms with Crippen molar-refractivity contribution >= 4 is 22.8 Å². The van der Waals surface area contributed by atoms with E-state index < -0.39 is 11.7 Å². The number of likely N-dealkylation sites (tertiary alicyclic amines) is 1. The van der Waals surface area contributed by atoms with Crippen LogP contribution in [0.5, 0.6) is 0 Å². The largest absolute Gasteiger partial charge is 0.366 e. The molecule has 1 aromatic heterocycles. The highest BCUT2D eigenvalue weighted by molar-refractivity contribution is 6.05. The van der Waals surface area contributed by atoms with Gasteiger partial charge in [0.15, 0.2) is 5.82 Å². The molecule has 0 spiro atoms. The van der Waals surface area contributed by atoms with Crippen molar-refractivity contribution in [1.29, 1.82) is 0 Å². The molecule has 1 unspecified atom stereocenters. The first-order valence-electron chi connectivity index (χ1n) is 6.49. The number of carbonyl (C=O) groups excluding carboxylic acids is 2. The lowest BCUT2D eigenvalue weighted by Gasteiger charge is -2.13. The van der Waals surface area contributed by atoms with Gasteiger partial charge in [0.1, 0.15) is 11.3 Å². The number of hydrogen-bond donors (Lipinski definition) is 3. The van der Waals surface area contributed by atoms with Gasteiger partial charge in [-0.2, -0.15) is 0 Å². The van der Waals surface area contributed by atoms with Gasteiger partial charge in [-0.05, 0) is 18.6 Å². The van der Waals surface area contributed by atoms with Crippen molar-refractivity contribution in [2.75, 3.05) is 13.1 Å². The Morgan fingerprint density at radius 2 is 2.19 bits per heavy atom. The number of halogens is 1. The predicted octanol–water partition coefficient (Wildman–Crippen LogP) is -0.0259. The Kier molecular flexibility index (Phi) is 3.09. The second-order valence-corrected chi connectivity index (χ2v) is 5.10. The molecule has 1 aromatic carbocycles. The predicted molar refractivity (Wildman–Crippen MR) is 73.1 cm³/mol. The van der Waals surface area contributed by atoms with E-state index in [-0.39, 0.29) is 34.4 Å². The van der Waals surface area contributed by atoms with Crippen molar-refractivity contribution in [2.24, 2.45) is 11.5 Å². The van der Waals surface area contributed by atoms with Gasteiger partial charge in [-0.25, -0.2) is 9.37 Å². The van der Waals surface area contributed by atoms with Gasteiger partial charge in [0.05, 0.1) is 11.1 Å². The Morgan fingerprint density at radius 1 is 1.43 bits per heavy atom. The fourth-order valence-electron chi connectivity index (χ4n) is 2.49. The number of aromatic amines is 1. The number of H-pyrrole nitrogens is 1. The monoisotopic (exact) mass is 291 g/mol. The van der Waals surface area contributed by atoms with Crippen molar-refractivity contribution in [2.45, 2.75) is 12.5 Å². The molecule has 1 aliphatic rings. The normalized spacial score (nSPS) is 18.4. The van der Waals surface area contributed by atoms with Crippen molar-refractivity contribution in [3.63, 3.8) is 0 Å². The van der Waals surface area contributed by atoms with Gasteiger partial charge in [-0.15, -0.1) is 0 Å². The number of amides is 2. The third-order valence-electron chi connectivity index (χ3n) is 3.53. The number of fused-ring (bicyclic) bond motifs is 1. The molecular weight excluding hydrogens is 277 g/mol. The Labute approximate surface area is 119 Å². The SMILES string of the molecule is NC(=O)c1cc(F)cc2[nH]c(C(=O)N3CCC(N)C3)nc12. The third kappa shape index (κ3) is 2.33. The number of nitrogens with one attached hydrogen (secondary N) is 1. The number of carbonyl (C=O) groups is 2. The molecule has 0 bridgehead atoms. The highest BCUT2D eigenvalue weighted by Gasteiger charge is 2.27. The van der Waals surface area contributed by atoms with Gasteiger partial charge in [0.2, 0.25) is 0 Å². The Balaban J connectivity index is 2.03. The highest BCUT2D eigenvalue weighted by Crippen LogP contribution is 2.20. The summed E-state index contributed by atoms with van der Waals surface area (Å²) in [5.41, 5.74) is 11.4. The summed E-state index contributed by atoms with van der Waals surface area (Å²) in [5.74, 6) is -1.70. The number of primary amides is 1. The average molecular weight is 291 g/mol. The van der Waals surface area contributed by atoms with Gasteiger partial charge in [-0.1, -0.05) is 0 Å². The summed E-state index contributed by atoms with van der Waals surface area (Å²) in [5, 5.41) is 0. The lowest BCUT2D eigenvalue weighted by molar-refractivity contribution is 0.0780. The summed E-state index contributed by atoms with van der Waals surface area (Å²) in [6.07, 6.45) is 0.729. The number of rotatable bonds is 2. The van der Waals surface area contributed by atoms with Crippen LogP contribution in [-0.4, -0.2) is 45.8 Å². The van der Waals surface area contributed by atoms with Crippen molar-refractivity contribution in [1.82, 2.24) is 14.9 Å². The molecule has 0 aliphatic carbocycles. The quantitative estimate of drug-likeness (QED) is 0.720. The second-order valence-electron chi connectivity index (χ2n) is 5.10. The molecule has 2 heterocycles. The summed E-state index contributed by atoms with van der Waals surface area (Å²) < 4.78 is 13.5. The van der Waals surface area contributed by atoms with Crippen molar-refractivity contribution in [3.05, 3.63) is 29.3 Å². The summed E-state index contributed by atoms with van der Waals surface area (Å²) >= 11 is 0. The molecule has 7 nitrogen and oxygen atoms in total. The van der Waals surface area contributed by atoms with Gasteiger partial charge >= 0.3 is 0 Å². The molecule has 5 N–H and O–H groups in total. The highest BCUT2D eigenvalue weighted by atomic mass is 19.1. The summed E-state index contributed by atoms with van der Waals surface area (Å²) in [7, 11) is 0. The van der Waals surface area contributed by atoms with Gasteiger partial charge in [-0.3, -0.25) is 9.59 Å². The van der Waals surface area contributed by atoms with Crippen LogP contribution in [0.3, 0.4) is 0 Å². The number of imidazole rings is 1. The first kappa shape index (κ1) is 13.5. The number of nitrogens with zero attached hydrogens (tertiary/aromatic N) is 2. The van der Waals surface area contributed by atoms with E-state index in [1.54, 1.807) is 4.90 Å². The smallest absolute Gasteiger partial charge is 0.289 e. The molecular formula is C13H14FN5O2. The maximum atomic E-state index is 13.5. The molecule has 1 atom stereocenters. The fourth-order valence-corrected chi connectivity index (χ4v) is 2.49. The van der Waals surface area contributed by atoms with Gasteiger partial charge in [0.25, 0.3) is 11.8 Å². The van der Waals surface area contributed by atoms with Crippen LogP contribution in [0.25, 0.3) is 11.0 Å². The maximum Gasteiger partial charge on any atom is 0.289 e. The van der Waals surface area contributed by atoms with E-state index in [9.17, 15) is 14.0 Å². The number of benzene rings is 1. The van der Waals surface area contributed by atoms with Crippen LogP contribution >= 0.6 is 0 Å². The minimum atomic E-state index is -0.798. The van der Waals surface area contributed by atoms with E-state index in [2.05, 4.69) is 9.97 Å². The molecule has 1 saturated heterocycles. The van der Waals surface area contributed by atoms with E-state index in [0.29, 0.717) is 13.1 Å². The number of hydrogen-bond acceptors (Lipinski definition) is 4. The summed E-state index contributed by atoms with van der Waals surface area (Å²) in [4.78, 5) is 32.0. The first-order chi connectivity index (χ1) is 9.95. The van der Waals surface area contributed by atoms with Crippen LogP contribution in [0.2, 0.25) is 0 Å². The lowest BCUT2D eigenvalue weighted by Crippen LogP contribution is -2.32. The summed E-state index contributed by atoms with van der Waals surface area (Å²) in [6, 6.07) is 2.13. The molecule has 2 amide bonds. The van der Waals surface area contributed by atoms with Crippen LogP contribution < -0.4 is 11.5 Å². The zero-order valence-electron chi connectivity index (χ0n) is 11.1. The third-order valence-corrected chi connectivity index (χ3v) is 3.53. The molecule has 0 saturated carbocycles. The molecule has 21 heavy (non-hydrogen) atoms. The fraction of sp³-hybridized carbons (Fsp3) is 0.308. The van der Waals surface area contributed by atoms with Gasteiger partial charge in [0, 0.05) is 19.1 Å². The Morgan fingerprint density at radius 3 is 2.81 bits per heavy atom. The molecule has 1 fully saturated rings. The molecule has 110 valence electrons. The van der Waals surface area contributed by atoms with E-state index in [1.165, 1.54) is 6.07 Å².